The van der Waals surface area contributed by atoms with Crippen molar-refractivity contribution >= 4 is 28.9 Å². The third kappa shape index (κ3) is 5.97. The molecular weight excluding hydrogens is 342 g/mol. The smallest absolute Gasteiger partial charge is 0.219 e. The van der Waals surface area contributed by atoms with Crippen molar-refractivity contribution in [3.8, 4) is 0 Å². The standard InChI is InChI=1S/C21H33N3OS/c1-15(2)6-11-24(20-7-9-23(10-8-20)18(5)25)21(26)22-19-13-16(3)12-17(4)14-19/h12-15,20H,6-11H2,1-5H3,(H,22,26). The number of amides is 1. The van der Waals surface area contributed by atoms with Crippen LogP contribution in [0.2, 0.25) is 0 Å². The van der Waals surface area contributed by atoms with Gasteiger partial charge < -0.3 is 15.1 Å². The molecule has 0 saturated carbocycles. The summed E-state index contributed by atoms with van der Waals surface area (Å²) in [5.74, 6) is 0.812. The first kappa shape index (κ1) is 20.7. The van der Waals surface area contributed by atoms with Crippen LogP contribution in [-0.2, 0) is 4.79 Å². The lowest BCUT2D eigenvalue weighted by Gasteiger charge is -2.40. The molecule has 1 saturated heterocycles. The second kappa shape index (κ2) is 9.36. The predicted octanol–water partition coefficient (Wildman–Crippen LogP) is 4.36. The van der Waals surface area contributed by atoms with Crippen molar-refractivity contribution in [2.45, 2.75) is 59.9 Å². The Labute approximate surface area is 163 Å². The fraction of sp³-hybridized carbons (Fsp3) is 0.619. The van der Waals surface area contributed by atoms with Crippen LogP contribution in [0.5, 0.6) is 0 Å². The Morgan fingerprint density at radius 2 is 1.81 bits per heavy atom. The number of piperidine rings is 1. The van der Waals surface area contributed by atoms with Gasteiger partial charge in [-0.25, -0.2) is 0 Å². The zero-order chi connectivity index (χ0) is 19.3. The van der Waals surface area contributed by atoms with E-state index in [1.54, 1.807) is 6.92 Å². The third-order valence-electron chi connectivity index (χ3n) is 5.03. The van der Waals surface area contributed by atoms with E-state index in [0.717, 1.165) is 49.7 Å². The van der Waals surface area contributed by atoms with Gasteiger partial charge in [0, 0.05) is 38.3 Å². The Kier molecular flexibility index (Phi) is 7.44. The van der Waals surface area contributed by atoms with Crippen molar-refractivity contribution in [1.82, 2.24) is 9.80 Å². The zero-order valence-corrected chi connectivity index (χ0v) is 17.7. The molecule has 0 bridgehead atoms. The molecule has 0 spiro atoms. The molecular formula is C21H33N3OS. The number of nitrogens with zero attached hydrogens (tertiary/aromatic N) is 2. The molecule has 0 atom stereocenters. The first-order valence-corrected chi connectivity index (χ1v) is 10.1. The Morgan fingerprint density at radius 3 is 2.31 bits per heavy atom. The first-order valence-electron chi connectivity index (χ1n) is 9.67. The third-order valence-corrected chi connectivity index (χ3v) is 5.37. The lowest BCUT2D eigenvalue weighted by Crippen LogP contribution is -2.50. The molecule has 0 aromatic heterocycles. The van der Waals surface area contributed by atoms with Gasteiger partial charge in [-0.3, -0.25) is 4.79 Å². The molecule has 2 rings (SSSR count). The highest BCUT2D eigenvalue weighted by Crippen LogP contribution is 2.21. The molecule has 5 heteroatoms. The Bertz CT molecular complexity index is 616. The number of carbonyl (C=O) groups is 1. The normalized spacial score (nSPS) is 15.2. The van der Waals surface area contributed by atoms with E-state index in [2.05, 4.69) is 56.1 Å². The van der Waals surface area contributed by atoms with E-state index in [1.807, 2.05) is 4.90 Å². The van der Waals surface area contributed by atoms with Crippen LogP contribution in [0.4, 0.5) is 5.69 Å². The van der Waals surface area contributed by atoms with Crippen molar-refractivity contribution in [2.75, 3.05) is 25.0 Å². The predicted molar refractivity (Wildman–Crippen MR) is 114 cm³/mol. The lowest BCUT2D eigenvalue weighted by atomic mass is 10.0. The molecule has 1 aliphatic heterocycles. The summed E-state index contributed by atoms with van der Waals surface area (Å²) in [6.45, 7) is 13.0. The summed E-state index contributed by atoms with van der Waals surface area (Å²) in [7, 11) is 0. The van der Waals surface area contributed by atoms with Gasteiger partial charge in [0.05, 0.1) is 0 Å². The number of carbonyl (C=O) groups excluding carboxylic acids is 1. The summed E-state index contributed by atoms with van der Waals surface area (Å²) in [6.07, 6.45) is 3.07. The van der Waals surface area contributed by atoms with Crippen molar-refractivity contribution in [1.29, 1.82) is 0 Å². The van der Waals surface area contributed by atoms with Crippen molar-refractivity contribution in [2.24, 2.45) is 5.92 Å². The van der Waals surface area contributed by atoms with Gasteiger partial charge in [-0.1, -0.05) is 19.9 Å². The maximum Gasteiger partial charge on any atom is 0.219 e. The summed E-state index contributed by atoms with van der Waals surface area (Å²) in [5.41, 5.74) is 3.53. The summed E-state index contributed by atoms with van der Waals surface area (Å²) in [6, 6.07) is 6.84. The number of hydrogen-bond donors (Lipinski definition) is 1. The Hall–Kier alpha value is -1.62. The largest absolute Gasteiger partial charge is 0.346 e. The Morgan fingerprint density at radius 1 is 1.23 bits per heavy atom. The minimum absolute atomic E-state index is 0.174. The highest BCUT2D eigenvalue weighted by molar-refractivity contribution is 7.80. The van der Waals surface area contributed by atoms with E-state index in [9.17, 15) is 4.79 Å². The number of nitrogens with one attached hydrogen (secondary N) is 1. The quantitative estimate of drug-likeness (QED) is 0.776. The van der Waals surface area contributed by atoms with Crippen LogP contribution in [0.25, 0.3) is 0 Å². The number of aryl methyl sites for hydroxylation is 2. The van der Waals surface area contributed by atoms with Crippen LogP contribution >= 0.6 is 12.2 Å². The number of likely N-dealkylation sites (tertiary alicyclic amines) is 1. The number of anilines is 1. The van der Waals surface area contributed by atoms with E-state index < -0.39 is 0 Å². The van der Waals surface area contributed by atoms with E-state index in [1.165, 1.54) is 11.1 Å². The average molecular weight is 376 g/mol. The minimum atomic E-state index is 0.174. The van der Waals surface area contributed by atoms with Crippen LogP contribution < -0.4 is 5.32 Å². The number of benzene rings is 1. The topological polar surface area (TPSA) is 35.6 Å². The second-order valence-corrected chi connectivity index (χ2v) is 8.31. The summed E-state index contributed by atoms with van der Waals surface area (Å²) < 4.78 is 0. The fourth-order valence-corrected chi connectivity index (χ4v) is 3.94. The summed E-state index contributed by atoms with van der Waals surface area (Å²) in [5, 5.41) is 4.26. The van der Waals surface area contributed by atoms with Crippen molar-refractivity contribution in [3.63, 3.8) is 0 Å². The van der Waals surface area contributed by atoms with Crippen LogP contribution in [0, 0.1) is 19.8 Å². The molecule has 1 N–H and O–H groups in total. The lowest BCUT2D eigenvalue weighted by molar-refractivity contribution is -0.130. The highest BCUT2D eigenvalue weighted by atomic mass is 32.1. The van der Waals surface area contributed by atoms with E-state index in [-0.39, 0.29) is 5.91 Å². The first-order chi connectivity index (χ1) is 12.3. The van der Waals surface area contributed by atoms with Gasteiger partial charge in [0.1, 0.15) is 0 Å². The molecule has 1 fully saturated rings. The monoisotopic (exact) mass is 375 g/mol. The molecule has 1 aliphatic rings. The van der Waals surface area contributed by atoms with Gasteiger partial charge in [0.2, 0.25) is 5.91 Å². The SMILES string of the molecule is CC(=O)N1CCC(N(CCC(C)C)C(=S)Nc2cc(C)cc(C)c2)CC1. The molecule has 26 heavy (non-hydrogen) atoms. The van der Waals surface area contributed by atoms with Gasteiger partial charge in [-0.05, 0) is 74.5 Å². The number of thiocarbonyl (C=S) groups is 1. The molecule has 1 amide bonds. The number of rotatable bonds is 5. The van der Waals surface area contributed by atoms with Crippen LogP contribution in [0.15, 0.2) is 18.2 Å². The molecule has 144 valence electrons. The van der Waals surface area contributed by atoms with Gasteiger partial charge in [0.15, 0.2) is 5.11 Å². The Balaban J connectivity index is 2.08. The van der Waals surface area contributed by atoms with E-state index in [0.29, 0.717) is 12.0 Å². The van der Waals surface area contributed by atoms with Crippen molar-refractivity contribution in [3.05, 3.63) is 29.3 Å². The molecule has 4 nitrogen and oxygen atoms in total. The summed E-state index contributed by atoms with van der Waals surface area (Å²) in [4.78, 5) is 15.9. The van der Waals surface area contributed by atoms with Gasteiger partial charge in [-0.2, -0.15) is 0 Å². The fourth-order valence-electron chi connectivity index (χ4n) is 3.58. The molecule has 1 heterocycles. The second-order valence-electron chi connectivity index (χ2n) is 7.92. The van der Waals surface area contributed by atoms with Crippen molar-refractivity contribution < 1.29 is 4.79 Å². The van der Waals surface area contributed by atoms with Gasteiger partial charge in [0.25, 0.3) is 0 Å². The van der Waals surface area contributed by atoms with Crippen LogP contribution in [0.3, 0.4) is 0 Å². The van der Waals surface area contributed by atoms with Gasteiger partial charge >= 0.3 is 0 Å². The van der Waals surface area contributed by atoms with E-state index >= 15 is 0 Å². The molecule has 0 unspecified atom stereocenters. The average Bonchev–Trinajstić information content (AvgIpc) is 2.54. The van der Waals surface area contributed by atoms with Crippen LogP contribution in [0.1, 0.15) is 51.2 Å². The molecule has 0 radical (unpaired) electrons. The summed E-state index contributed by atoms with van der Waals surface area (Å²) >= 11 is 5.79. The van der Waals surface area contributed by atoms with Gasteiger partial charge in [-0.15, -0.1) is 0 Å². The van der Waals surface area contributed by atoms with Crippen LogP contribution in [-0.4, -0.2) is 46.5 Å². The highest BCUT2D eigenvalue weighted by Gasteiger charge is 2.27. The number of hydrogen-bond acceptors (Lipinski definition) is 2. The van der Waals surface area contributed by atoms with E-state index in [4.69, 9.17) is 12.2 Å². The molecule has 0 aliphatic carbocycles. The minimum Gasteiger partial charge on any atom is -0.346 e. The molecule has 1 aromatic carbocycles. The maximum absolute atomic E-state index is 11.6. The maximum atomic E-state index is 11.6. The molecule has 1 aromatic rings. The zero-order valence-electron chi connectivity index (χ0n) is 16.8.